The van der Waals surface area contributed by atoms with Gasteiger partial charge in [0.2, 0.25) is 0 Å². The number of halogens is 3. The number of amides is 1. The summed E-state index contributed by atoms with van der Waals surface area (Å²) >= 11 is 0. The SMILES string of the molecule is O=C(NCCC1CCN(CC(F)(F)F)CC1)C(O)c1ccccc1. The maximum Gasteiger partial charge on any atom is 0.401 e. The normalized spacial score (nSPS) is 18.3. The van der Waals surface area contributed by atoms with E-state index in [2.05, 4.69) is 5.32 Å². The molecule has 7 heteroatoms. The summed E-state index contributed by atoms with van der Waals surface area (Å²) < 4.78 is 37.0. The van der Waals surface area contributed by atoms with E-state index in [1.165, 1.54) is 4.90 Å². The Morgan fingerprint density at radius 3 is 2.46 bits per heavy atom. The predicted molar refractivity (Wildman–Crippen MR) is 84.2 cm³/mol. The van der Waals surface area contributed by atoms with Crippen molar-refractivity contribution < 1.29 is 23.1 Å². The molecule has 1 saturated heterocycles. The van der Waals surface area contributed by atoms with Gasteiger partial charge in [0.15, 0.2) is 6.10 Å². The molecular weight excluding hydrogens is 321 g/mol. The zero-order chi connectivity index (χ0) is 17.6. The van der Waals surface area contributed by atoms with Crippen molar-refractivity contribution in [2.24, 2.45) is 5.92 Å². The first kappa shape index (κ1) is 18.7. The number of benzene rings is 1. The van der Waals surface area contributed by atoms with Crippen LogP contribution in [0.15, 0.2) is 30.3 Å². The molecule has 1 atom stereocenters. The first-order valence-electron chi connectivity index (χ1n) is 8.15. The van der Waals surface area contributed by atoms with Gasteiger partial charge in [-0.1, -0.05) is 30.3 Å². The standard InChI is InChI=1S/C17H23F3N2O2/c18-17(19,20)12-22-10-7-13(8-11-22)6-9-21-16(24)15(23)14-4-2-1-3-5-14/h1-5,13,15,23H,6-12H2,(H,21,24). The van der Waals surface area contributed by atoms with Crippen molar-refractivity contribution >= 4 is 5.91 Å². The van der Waals surface area contributed by atoms with E-state index < -0.39 is 24.7 Å². The van der Waals surface area contributed by atoms with Crippen molar-refractivity contribution in [3.8, 4) is 0 Å². The third kappa shape index (κ3) is 6.13. The second kappa shape index (κ2) is 8.48. The van der Waals surface area contributed by atoms with E-state index in [9.17, 15) is 23.1 Å². The molecule has 1 aliphatic heterocycles. The lowest BCUT2D eigenvalue weighted by atomic mass is 9.93. The van der Waals surface area contributed by atoms with Gasteiger partial charge in [-0.25, -0.2) is 0 Å². The highest BCUT2D eigenvalue weighted by Crippen LogP contribution is 2.24. The third-order valence-electron chi connectivity index (χ3n) is 4.33. The maximum absolute atomic E-state index is 12.3. The molecule has 4 nitrogen and oxygen atoms in total. The highest BCUT2D eigenvalue weighted by molar-refractivity contribution is 5.81. The van der Waals surface area contributed by atoms with Gasteiger partial charge in [-0.3, -0.25) is 9.69 Å². The van der Waals surface area contributed by atoms with Gasteiger partial charge in [0, 0.05) is 6.54 Å². The van der Waals surface area contributed by atoms with Gasteiger partial charge in [0.25, 0.3) is 5.91 Å². The lowest BCUT2D eigenvalue weighted by Gasteiger charge is -2.32. The van der Waals surface area contributed by atoms with Crippen LogP contribution in [-0.4, -0.2) is 48.3 Å². The number of hydrogen-bond donors (Lipinski definition) is 2. The van der Waals surface area contributed by atoms with E-state index in [4.69, 9.17) is 0 Å². The van der Waals surface area contributed by atoms with Crippen molar-refractivity contribution in [2.45, 2.75) is 31.5 Å². The van der Waals surface area contributed by atoms with E-state index in [1.807, 2.05) is 0 Å². The van der Waals surface area contributed by atoms with Crippen molar-refractivity contribution in [3.05, 3.63) is 35.9 Å². The second-order valence-corrected chi connectivity index (χ2v) is 6.23. The number of nitrogens with one attached hydrogen (secondary N) is 1. The molecule has 0 saturated carbocycles. The molecule has 0 aromatic heterocycles. The summed E-state index contributed by atoms with van der Waals surface area (Å²) in [4.78, 5) is 13.3. The summed E-state index contributed by atoms with van der Waals surface area (Å²) in [7, 11) is 0. The fourth-order valence-corrected chi connectivity index (χ4v) is 2.97. The smallest absolute Gasteiger partial charge is 0.378 e. The zero-order valence-corrected chi connectivity index (χ0v) is 13.4. The molecule has 1 unspecified atom stereocenters. The minimum atomic E-state index is -4.14. The van der Waals surface area contributed by atoms with Gasteiger partial charge >= 0.3 is 6.18 Å². The van der Waals surface area contributed by atoms with Crippen LogP contribution < -0.4 is 5.32 Å². The Morgan fingerprint density at radius 1 is 1.25 bits per heavy atom. The number of aliphatic hydroxyl groups is 1. The van der Waals surface area contributed by atoms with E-state index in [1.54, 1.807) is 30.3 Å². The highest BCUT2D eigenvalue weighted by atomic mass is 19.4. The van der Waals surface area contributed by atoms with Crippen LogP contribution in [0.25, 0.3) is 0 Å². The Kier molecular flexibility index (Phi) is 6.62. The zero-order valence-electron chi connectivity index (χ0n) is 13.4. The largest absolute Gasteiger partial charge is 0.401 e. The quantitative estimate of drug-likeness (QED) is 0.834. The van der Waals surface area contributed by atoms with E-state index in [0.717, 1.165) is 0 Å². The topological polar surface area (TPSA) is 52.6 Å². The number of aliphatic hydroxyl groups excluding tert-OH is 1. The second-order valence-electron chi connectivity index (χ2n) is 6.23. The molecule has 1 fully saturated rings. The molecule has 134 valence electrons. The fourth-order valence-electron chi connectivity index (χ4n) is 2.97. The van der Waals surface area contributed by atoms with Gasteiger partial charge in [0.05, 0.1) is 6.54 Å². The summed E-state index contributed by atoms with van der Waals surface area (Å²) in [5.74, 6) is -0.139. The van der Waals surface area contributed by atoms with Crippen molar-refractivity contribution in [2.75, 3.05) is 26.2 Å². The van der Waals surface area contributed by atoms with Gasteiger partial charge in [-0.05, 0) is 43.8 Å². The molecule has 1 aromatic rings. The van der Waals surface area contributed by atoms with Crippen LogP contribution >= 0.6 is 0 Å². The molecular formula is C17H23F3N2O2. The molecule has 1 amide bonds. The Morgan fingerprint density at radius 2 is 1.88 bits per heavy atom. The van der Waals surface area contributed by atoms with Gasteiger partial charge in [0.1, 0.15) is 0 Å². The fraction of sp³-hybridized carbons (Fsp3) is 0.588. The predicted octanol–water partition coefficient (Wildman–Crippen LogP) is 2.50. The molecule has 0 aliphatic carbocycles. The van der Waals surface area contributed by atoms with Crippen LogP contribution in [0, 0.1) is 5.92 Å². The number of piperidine rings is 1. The van der Waals surface area contributed by atoms with Crippen LogP contribution in [0.5, 0.6) is 0 Å². The lowest BCUT2D eigenvalue weighted by molar-refractivity contribution is -0.148. The minimum absolute atomic E-state index is 0.309. The molecule has 0 bridgehead atoms. The average molecular weight is 344 g/mol. The molecule has 2 N–H and O–H groups in total. The molecule has 1 aromatic carbocycles. The van der Waals surface area contributed by atoms with E-state index in [0.29, 0.717) is 50.4 Å². The van der Waals surface area contributed by atoms with Gasteiger partial charge in [-0.2, -0.15) is 13.2 Å². The summed E-state index contributed by atoms with van der Waals surface area (Å²) in [5.41, 5.74) is 0.537. The first-order valence-corrected chi connectivity index (χ1v) is 8.15. The highest BCUT2D eigenvalue weighted by Gasteiger charge is 2.32. The molecule has 0 spiro atoms. The molecule has 24 heavy (non-hydrogen) atoms. The number of nitrogens with zero attached hydrogens (tertiary/aromatic N) is 1. The number of hydrogen-bond acceptors (Lipinski definition) is 3. The Hall–Kier alpha value is -1.60. The number of alkyl halides is 3. The number of likely N-dealkylation sites (tertiary alicyclic amines) is 1. The Bertz CT molecular complexity index is 514. The lowest BCUT2D eigenvalue weighted by Crippen LogP contribution is -2.40. The molecule has 2 rings (SSSR count). The first-order chi connectivity index (χ1) is 11.3. The Labute approximate surface area is 139 Å². The summed E-state index contributed by atoms with van der Waals surface area (Å²) in [6.45, 7) is 0.446. The summed E-state index contributed by atoms with van der Waals surface area (Å²) in [6, 6.07) is 8.67. The average Bonchev–Trinajstić information content (AvgIpc) is 2.55. The van der Waals surface area contributed by atoms with Crippen molar-refractivity contribution in [1.29, 1.82) is 0 Å². The number of rotatable bonds is 6. The van der Waals surface area contributed by atoms with Crippen LogP contribution in [0.2, 0.25) is 0 Å². The summed E-state index contributed by atoms with van der Waals surface area (Å²) in [5, 5.41) is 12.6. The summed E-state index contributed by atoms with van der Waals surface area (Å²) in [6.07, 6.45) is -3.22. The minimum Gasteiger partial charge on any atom is -0.378 e. The van der Waals surface area contributed by atoms with Crippen molar-refractivity contribution in [1.82, 2.24) is 10.2 Å². The van der Waals surface area contributed by atoms with Crippen molar-refractivity contribution in [3.63, 3.8) is 0 Å². The molecule has 1 heterocycles. The van der Waals surface area contributed by atoms with Crippen LogP contribution in [0.4, 0.5) is 13.2 Å². The number of carbonyl (C=O) groups excluding carboxylic acids is 1. The van der Waals surface area contributed by atoms with Gasteiger partial charge in [-0.15, -0.1) is 0 Å². The molecule has 0 radical (unpaired) electrons. The Balaban J connectivity index is 1.65. The molecule has 1 aliphatic rings. The number of carbonyl (C=O) groups is 1. The van der Waals surface area contributed by atoms with Crippen LogP contribution in [0.3, 0.4) is 0 Å². The van der Waals surface area contributed by atoms with Crippen LogP contribution in [-0.2, 0) is 4.79 Å². The monoisotopic (exact) mass is 344 g/mol. The maximum atomic E-state index is 12.3. The van der Waals surface area contributed by atoms with E-state index >= 15 is 0 Å². The third-order valence-corrected chi connectivity index (χ3v) is 4.33. The van der Waals surface area contributed by atoms with Crippen LogP contribution in [0.1, 0.15) is 30.9 Å². The van der Waals surface area contributed by atoms with E-state index in [-0.39, 0.29) is 0 Å². The van der Waals surface area contributed by atoms with Gasteiger partial charge < -0.3 is 10.4 Å².